The first-order valence-electron chi connectivity index (χ1n) is 6.14. The third-order valence-corrected chi connectivity index (χ3v) is 4.26. The van der Waals surface area contributed by atoms with Gasteiger partial charge in [-0.1, -0.05) is 35.1 Å². The van der Waals surface area contributed by atoms with Crippen LogP contribution in [0, 0.1) is 6.92 Å². The van der Waals surface area contributed by atoms with Gasteiger partial charge >= 0.3 is 0 Å². The van der Waals surface area contributed by atoms with Crippen molar-refractivity contribution in [1.82, 2.24) is 4.98 Å². The molecule has 0 unspecified atom stereocenters. The van der Waals surface area contributed by atoms with Crippen LogP contribution in [0.25, 0.3) is 10.2 Å². The fourth-order valence-electron chi connectivity index (χ4n) is 2.01. The molecule has 1 aromatic heterocycles. The molecule has 0 fully saturated rings. The van der Waals surface area contributed by atoms with E-state index in [4.69, 9.17) is 16.3 Å². The van der Waals surface area contributed by atoms with E-state index < -0.39 is 0 Å². The van der Waals surface area contributed by atoms with E-state index in [9.17, 15) is 0 Å². The van der Waals surface area contributed by atoms with Crippen molar-refractivity contribution in [1.29, 1.82) is 0 Å². The molecule has 3 aromatic rings. The van der Waals surface area contributed by atoms with Gasteiger partial charge in [-0.25, -0.2) is 4.98 Å². The normalized spacial score (nSPS) is 10.8. The monoisotopic (exact) mass is 304 g/mol. The molecule has 0 aliphatic heterocycles. The van der Waals surface area contributed by atoms with Crippen LogP contribution in [0.5, 0.6) is 5.75 Å². The molecule has 1 N–H and O–H groups in total. The molecular formula is C15H13ClN2OS. The lowest BCUT2D eigenvalue weighted by molar-refractivity contribution is 0.415. The molecule has 3 nitrogen and oxygen atoms in total. The number of hydrogen-bond acceptors (Lipinski definition) is 4. The minimum Gasteiger partial charge on any atom is -0.495 e. The Balaban J connectivity index is 1.93. The number of benzene rings is 2. The van der Waals surface area contributed by atoms with E-state index in [-0.39, 0.29) is 0 Å². The van der Waals surface area contributed by atoms with Gasteiger partial charge in [0.1, 0.15) is 5.75 Å². The predicted octanol–water partition coefficient (Wildman–Crippen LogP) is 5.01. The van der Waals surface area contributed by atoms with E-state index in [0.717, 1.165) is 16.3 Å². The largest absolute Gasteiger partial charge is 0.495 e. The van der Waals surface area contributed by atoms with Gasteiger partial charge in [0, 0.05) is 5.69 Å². The average Bonchev–Trinajstić information content (AvgIpc) is 2.83. The van der Waals surface area contributed by atoms with Gasteiger partial charge in [0.25, 0.3) is 0 Å². The summed E-state index contributed by atoms with van der Waals surface area (Å²) in [5, 5.41) is 4.72. The maximum absolute atomic E-state index is 6.12. The first-order valence-corrected chi connectivity index (χ1v) is 7.33. The van der Waals surface area contributed by atoms with Crippen LogP contribution >= 0.6 is 22.9 Å². The molecule has 3 rings (SSSR count). The Morgan fingerprint density at radius 3 is 2.80 bits per heavy atom. The fraction of sp³-hybridized carbons (Fsp3) is 0.133. The highest BCUT2D eigenvalue weighted by atomic mass is 35.5. The van der Waals surface area contributed by atoms with Crippen LogP contribution in [0.15, 0.2) is 36.4 Å². The molecule has 0 saturated heterocycles. The van der Waals surface area contributed by atoms with Crippen LogP contribution in [0.1, 0.15) is 5.56 Å². The summed E-state index contributed by atoms with van der Waals surface area (Å²) < 4.78 is 6.31. The standard InChI is InChI=1S/C15H13ClN2OS/c1-9-4-3-5-13-14(9)18-15(20-13)17-10-6-7-12(19-2)11(16)8-10/h3-8H,1-2H3,(H,17,18). The van der Waals surface area contributed by atoms with Gasteiger partial charge in [0.15, 0.2) is 5.13 Å². The van der Waals surface area contributed by atoms with Gasteiger partial charge in [-0.05, 0) is 36.8 Å². The number of para-hydroxylation sites is 1. The van der Waals surface area contributed by atoms with E-state index in [1.165, 1.54) is 10.3 Å². The maximum atomic E-state index is 6.12. The second-order valence-corrected chi connectivity index (χ2v) is 5.85. The zero-order valence-corrected chi connectivity index (χ0v) is 12.7. The van der Waals surface area contributed by atoms with Gasteiger partial charge in [-0.15, -0.1) is 0 Å². The lowest BCUT2D eigenvalue weighted by atomic mass is 10.2. The molecular weight excluding hydrogens is 292 g/mol. The second-order valence-electron chi connectivity index (χ2n) is 4.41. The van der Waals surface area contributed by atoms with E-state index in [1.807, 2.05) is 24.3 Å². The maximum Gasteiger partial charge on any atom is 0.188 e. The van der Waals surface area contributed by atoms with Crippen LogP contribution in [-0.4, -0.2) is 12.1 Å². The number of thiazole rings is 1. The first-order chi connectivity index (χ1) is 9.67. The van der Waals surface area contributed by atoms with Gasteiger partial charge in [-0.2, -0.15) is 0 Å². The van der Waals surface area contributed by atoms with Crippen molar-refractivity contribution in [3.05, 3.63) is 47.0 Å². The summed E-state index contributed by atoms with van der Waals surface area (Å²) >= 11 is 7.74. The van der Waals surface area contributed by atoms with Crippen molar-refractivity contribution in [2.45, 2.75) is 6.92 Å². The van der Waals surface area contributed by atoms with Crippen molar-refractivity contribution >= 4 is 44.0 Å². The number of rotatable bonds is 3. The molecule has 102 valence electrons. The smallest absolute Gasteiger partial charge is 0.188 e. The summed E-state index contributed by atoms with van der Waals surface area (Å²) in [4.78, 5) is 4.61. The van der Waals surface area contributed by atoms with E-state index in [2.05, 4.69) is 29.4 Å². The number of nitrogens with zero attached hydrogens (tertiary/aromatic N) is 1. The molecule has 0 saturated carbocycles. The number of ether oxygens (including phenoxy) is 1. The van der Waals surface area contributed by atoms with Crippen LogP contribution in [0.3, 0.4) is 0 Å². The van der Waals surface area contributed by atoms with Crippen LogP contribution in [-0.2, 0) is 0 Å². The Morgan fingerprint density at radius 2 is 2.10 bits per heavy atom. The zero-order valence-electron chi connectivity index (χ0n) is 11.1. The number of halogens is 1. The predicted molar refractivity (Wildman–Crippen MR) is 85.6 cm³/mol. The quantitative estimate of drug-likeness (QED) is 0.738. The molecule has 0 aliphatic carbocycles. The number of fused-ring (bicyclic) bond motifs is 1. The summed E-state index contributed by atoms with van der Waals surface area (Å²) in [5.41, 5.74) is 3.12. The van der Waals surface area contributed by atoms with Crippen LogP contribution in [0.2, 0.25) is 5.02 Å². The molecule has 0 amide bonds. The molecule has 0 spiro atoms. The van der Waals surface area contributed by atoms with Crippen LogP contribution < -0.4 is 10.1 Å². The Kier molecular flexibility index (Phi) is 3.51. The van der Waals surface area contributed by atoms with E-state index in [0.29, 0.717) is 10.8 Å². The molecule has 0 atom stereocenters. The lowest BCUT2D eigenvalue weighted by Crippen LogP contribution is -1.90. The summed E-state index contributed by atoms with van der Waals surface area (Å²) in [6.45, 7) is 2.07. The summed E-state index contributed by atoms with van der Waals surface area (Å²) in [5.74, 6) is 0.664. The van der Waals surface area contributed by atoms with E-state index >= 15 is 0 Å². The van der Waals surface area contributed by atoms with Gasteiger partial charge in [0.2, 0.25) is 0 Å². The molecule has 5 heteroatoms. The summed E-state index contributed by atoms with van der Waals surface area (Å²) in [7, 11) is 1.60. The zero-order chi connectivity index (χ0) is 14.1. The number of methoxy groups -OCH3 is 1. The Hall–Kier alpha value is -1.78. The van der Waals surface area contributed by atoms with E-state index in [1.54, 1.807) is 18.4 Å². The molecule has 0 aliphatic rings. The van der Waals surface area contributed by atoms with Gasteiger partial charge in [0.05, 0.1) is 22.3 Å². The summed E-state index contributed by atoms with van der Waals surface area (Å²) in [6.07, 6.45) is 0. The summed E-state index contributed by atoms with van der Waals surface area (Å²) in [6, 6.07) is 11.8. The van der Waals surface area contributed by atoms with Gasteiger partial charge < -0.3 is 10.1 Å². The number of nitrogens with one attached hydrogen (secondary N) is 1. The van der Waals surface area contributed by atoms with Crippen molar-refractivity contribution < 1.29 is 4.74 Å². The first kappa shape index (κ1) is 13.2. The van der Waals surface area contributed by atoms with Crippen LogP contribution in [0.4, 0.5) is 10.8 Å². The van der Waals surface area contributed by atoms with Crippen molar-refractivity contribution in [2.75, 3.05) is 12.4 Å². The van der Waals surface area contributed by atoms with Crippen molar-refractivity contribution in [3.63, 3.8) is 0 Å². The minimum absolute atomic E-state index is 0.579. The molecule has 20 heavy (non-hydrogen) atoms. The highest BCUT2D eigenvalue weighted by molar-refractivity contribution is 7.22. The molecule has 0 radical (unpaired) electrons. The second kappa shape index (κ2) is 5.31. The number of aryl methyl sites for hydroxylation is 1. The van der Waals surface area contributed by atoms with Crippen molar-refractivity contribution in [3.8, 4) is 5.75 Å². The topological polar surface area (TPSA) is 34.1 Å². The highest BCUT2D eigenvalue weighted by Crippen LogP contribution is 2.32. The highest BCUT2D eigenvalue weighted by Gasteiger charge is 2.07. The Bertz CT molecular complexity index is 770. The SMILES string of the molecule is COc1ccc(Nc2nc3c(C)cccc3s2)cc1Cl. The third-order valence-electron chi connectivity index (χ3n) is 3.02. The number of aromatic nitrogens is 1. The molecule has 0 bridgehead atoms. The lowest BCUT2D eigenvalue weighted by Gasteiger charge is -2.06. The minimum atomic E-state index is 0.579. The Morgan fingerprint density at radius 1 is 1.25 bits per heavy atom. The number of anilines is 2. The van der Waals surface area contributed by atoms with Gasteiger partial charge in [-0.3, -0.25) is 0 Å². The Labute approximate surface area is 126 Å². The molecule has 2 aromatic carbocycles. The number of hydrogen-bond donors (Lipinski definition) is 1. The van der Waals surface area contributed by atoms with Crippen molar-refractivity contribution in [2.24, 2.45) is 0 Å². The average molecular weight is 305 g/mol. The fourth-order valence-corrected chi connectivity index (χ4v) is 3.23. The molecule has 1 heterocycles. The third kappa shape index (κ3) is 2.44.